The first-order valence-electron chi connectivity index (χ1n) is 6.73. The van der Waals surface area contributed by atoms with Crippen molar-refractivity contribution in [1.29, 1.82) is 0 Å². The molecule has 1 fully saturated rings. The van der Waals surface area contributed by atoms with Gasteiger partial charge in [0, 0.05) is 26.7 Å². The maximum atomic E-state index is 11.8. The molecule has 106 valence electrons. The maximum Gasteiger partial charge on any atom is 0.248 e. The molecule has 18 heavy (non-hydrogen) atoms. The van der Waals surface area contributed by atoms with E-state index >= 15 is 0 Å². The molecule has 0 aliphatic carbocycles. The zero-order valence-electron chi connectivity index (χ0n) is 11.9. The monoisotopic (exact) mass is 258 g/mol. The fraction of sp³-hybridized carbons (Fsp3) is 0.923. The predicted molar refractivity (Wildman–Crippen MR) is 70.6 cm³/mol. The van der Waals surface area contributed by atoms with Gasteiger partial charge in [0.2, 0.25) is 5.91 Å². The van der Waals surface area contributed by atoms with Gasteiger partial charge >= 0.3 is 0 Å². The summed E-state index contributed by atoms with van der Waals surface area (Å²) in [7, 11) is 3.48. The SMILES string of the molecule is CCN1CCCC1CN(C)C(=O)COCCOC. The lowest BCUT2D eigenvalue weighted by molar-refractivity contribution is -0.135. The number of carbonyl (C=O) groups is 1. The van der Waals surface area contributed by atoms with Crippen LogP contribution in [-0.4, -0.2) is 75.4 Å². The minimum Gasteiger partial charge on any atom is -0.382 e. The smallest absolute Gasteiger partial charge is 0.248 e. The molecular weight excluding hydrogens is 232 g/mol. The molecule has 5 heteroatoms. The van der Waals surface area contributed by atoms with E-state index in [2.05, 4.69) is 11.8 Å². The summed E-state index contributed by atoms with van der Waals surface area (Å²) in [5.74, 6) is 0.0501. The quantitative estimate of drug-likeness (QED) is 0.598. The van der Waals surface area contributed by atoms with Crippen molar-refractivity contribution in [2.45, 2.75) is 25.8 Å². The summed E-state index contributed by atoms with van der Waals surface area (Å²) in [4.78, 5) is 16.1. The average Bonchev–Trinajstić information content (AvgIpc) is 2.81. The van der Waals surface area contributed by atoms with Crippen LogP contribution in [0.5, 0.6) is 0 Å². The highest BCUT2D eigenvalue weighted by molar-refractivity contribution is 5.77. The van der Waals surface area contributed by atoms with Crippen LogP contribution < -0.4 is 0 Å². The summed E-state index contributed by atoms with van der Waals surface area (Å²) in [5, 5.41) is 0. The van der Waals surface area contributed by atoms with Gasteiger partial charge in [0.05, 0.1) is 13.2 Å². The second kappa shape index (κ2) is 8.45. The van der Waals surface area contributed by atoms with Crippen LogP contribution in [-0.2, 0) is 14.3 Å². The van der Waals surface area contributed by atoms with Crippen molar-refractivity contribution in [3.8, 4) is 0 Å². The van der Waals surface area contributed by atoms with E-state index in [1.807, 2.05) is 7.05 Å². The Morgan fingerprint density at radius 1 is 1.44 bits per heavy atom. The van der Waals surface area contributed by atoms with E-state index in [4.69, 9.17) is 9.47 Å². The molecule has 1 amide bonds. The van der Waals surface area contributed by atoms with Gasteiger partial charge in [-0.3, -0.25) is 9.69 Å². The molecule has 0 spiro atoms. The lowest BCUT2D eigenvalue weighted by Crippen LogP contribution is -2.42. The number of amides is 1. The van der Waals surface area contributed by atoms with E-state index in [1.165, 1.54) is 12.8 Å². The number of likely N-dealkylation sites (tertiary alicyclic amines) is 1. The molecule has 5 nitrogen and oxygen atoms in total. The fourth-order valence-electron chi connectivity index (χ4n) is 2.35. The number of methoxy groups -OCH3 is 1. The van der Waals surface area contributed by atoms with E-state index in [-0.39, 0.29) is 12.5 Å². The van der Waals surface area contributed by atoms with Gasteiger partial charge in [0.15, 0.2) is 0 Å². The fourth-order valence-corrected chi connectivity index (χ4v) is 2.35. The highest BCUT2D eigenvalue weighted by Gasteiger charge is 2.25. The van der Waals surface area contributed by atoms with Crippen LogP contribution in [0, 0.1) is 0 Å². The Kier molecular flexibility index (Phi) is 7.23. The number of hydrogen-bond acceptors (Lipinski definition) is 4. The van der Waals surface area contributed by atoms with E-state index < -0.39 is 0 Å². The van der Waals surface area contributed by atoms with Gasteiger partial charge in [0.1, 0.15) is 6.61 Å². The molecule has 1 rings (SSSR count). The molecule has 0 aromatic carbocycles. The van der Waals surface area contributed by atoms with E-state index in [9.17, 15) is 4.79 Å². The summed E-state index contributed by atoms with van der Waals surface area (Å²) < 4.78 is 10.1. The highest BCUT2D eigenvalue weighted by Crippen LogP contribution is 2.17. The largest absolute Gasteiger partial charge is 0.382 e. The average molecular weight is 258 g/mol. The first-order valence-corrected chi connectivity index (χ1v) is 6.73. The standard InChI is InChI=1S/C13H26N2O3/c1-4-15-7-5-6-12(15)10-14(2)13(16)11-18-9-8-17-3/h12H,4-11H2,1-3H3. The van der Waals surface area contributed by atoms with Crippen LogP contribution in [0.1, 0.15) is 19.8 Å². The van der Waals surface area contributed by atoms with E-state index in [0.717, 1.165) is 19.6 Å². The van der Waals surface area contributed by atoms with E-state index in [1.54, 1.807) is 12.0 Å². The molecule has 1 heterocycles. The predicted octanol–water partition coefficient (Wildman–Crippen LogP) is 0.592. The Morgan fingerprint density at radius 3 is 2.89 bits per heavy atom. The first-order chi connectivity index (χ1) is 8.69. The Hall–Kier alpha value is -0.650. The summed E-state index contributed by atoms with van der Waals surface area (Å²) in [6.07, 6.45) is 2.43. The van der Waals surface area contributed by atoms with Gasteiger partial charge in [-0.2, -0.15) is 0 Å². The Balaban J connectivity index is 2.22. The van der Waals surface area contributed by atoms with Crippen LogP contribution in [0.4, 0.5) is 0 Å². The minimum absolute atomic E-state index is 0.0501. The summed E-state index contributed by atoms with van der Waals surface area (Å²) in [5.41, 5.74) is 0. The van der Waals surface area contributed by atoms with Crippen molar-refractivity contribution >= 4 is 5.91 Å². The van der Waals surface area contributed by atoms with Crippen LogP contribution in [0.25, 0.3) is 0 Å². The molecule has 1 aliphatic heterocycles. The maximum absolute atomic E-state index is 11.8. The Bertz CT molecular complexity index is 248. The summed E-state index contributed by atoms with van der Waals surface area (Å²) in [6.45, 7) is 6.36. The molecular formula is C13H26N2O3. The number of nitrogens with zero attached hydrogens (tertiary/aromatic N) is 2. The van der Waals surface area contributed by atoms with Crippen molar-refractivity contribution < 1.29 is 14.3 Å². The molecule has 0 radical (unpaired) electrons. The van der Waals surface area contributed by atoms with Gasteiger partial charge in [-0.1, -0.05) is 6.92 Å². The second-order valence-corrected chi connectivity index (χ2v) is 4.74. The lowest BCUT2D eigenvalue weighted by atomic mass is 10.2. The molecule has 0 bridgehead atoms. The van der Waals surface area contributed by atoms with Crippen molar-refractivity contribution in [3.63, 3.8) is 0 Å². The Labute approximate surface area is 110 Å². The number of rotatable bonds is 8. The number of carbonyl (C=O) groups excluding carboxylic acids is 1. The van der Waals surface area contributed by atoms with Gasteiger partial charge in [0.25, 0.3) is 0 Å². The zero-order valence-corrected chi connectivity index (χ0v) is 11.9. The van der Waals surface area contributed by atoms with Gasteiger partial charge in [-0.15, -0.1) is 0 Å². The normalized spacial score (nSPS) is 20.3. The van der Waals surface area contributed by atoms with Crippen LogP contribution in [0.2, 0.25) is 0 Å². The number of likely N-dealkylation sites (N-methyl/N-ethyl adjacent to an activating group) is 2. The zero-order chi connectivity index (χ0) is 13.4. The molecule has 1 atom stereocenters. The van der Waals surface area contributed by atoms with Gasteiger partial charge in [-0.05, 0) is 25.9 Å². The summed E-state index contributed by atoms with van der Waals surface area (Å²) in [6, 6.07) is 0.517. The van der Waals surface area contributed by atoms with Crippen molar-refractivity contribution in [3.05, 3.63) is 0 Å². The third-order valence-electron chi connectivity index (χ3n) is 3.47. The molecule has 0 N–H and O–H groups in total. The van der Waals surface area contributed by atoms with Crippen molar-refractivity contribution in [2.75, 3.05) is 53.6 Å². The first kappa shape index (κ1) is 15.4. The van der Waals surface area contributed by atoms with Crippen LogP contribution >= 0.6 is 0 Å². The number of ether oxygens (including phenoxy) is 2. The molecule has 0 aromatic heterocycles. The van der Waals surface area contributed by atoms with Gasteiger partial charge < -0.3 is 14.4 Å². The molecule has 1 unspecified atom stereocenters. The second-order valence-electron chi connectivity index (χ2n) is 4.74. The Morgan fingerprint density at radius 2 is 2.22 bits per heavy atom. The van der Waals surface area contributed by atoms with Crippen molar-refractivity contribution in [1.82, 2.24) is 9.80 Å². The van der Waals surface area contributed by atoms with Crippen molar-refractivity contribution in [2.24, 2.45) is 0 Å². The minimum atomic E-state index is 0.0501. The molecule has 1 aliphatic rings. The third-order valence-corrected chi connectivity index (χ3v) is 3.47. The van der Waals surface area contributed by atoms with Gasteiger partial charge in [-0.25, -0.2) is 0 Å². The third kappa shape index (κ3) is 4.92. The molecule has 0 aromatic rings. The van der Waals surface area contributed by atoms with Crippen LogP contribution in [0.15, 0.2) is 0 Å². The molecule has 1 saturated heterocycles. The molecule has 0 saturated carbocycles. The highest BCUT2D eigenvalue weighted by atomic mass is 16.5. The summed E-state index contributed by atoms with van der Waals surface area (Å²) >= 11 is 0. The number of hydrogen-bond donors (Lipinski definition) is 0. The van der Waals surface area contributed by atoms with Crippen LogP contribution in [0.3, 0.4) is 0 Å². The van der Waals surface area contributed by atoms with E-state index in [0.29, 0.717) is 19.3 Å². The topological polar surface area (TPSA) is 42.0 Å². The lowest BCUT2D eigenvalue weighted by Gasteiger charge is -2.27.